The summed E-state index contributed by atoms with van der Waals surface area (Å²) in [5.41, 5.74) is 0. The third kappa shape index (κ3) is 21.1. The average Bonchev–Trinajstić information content (AvgIpc) is 2.46. The number of hydrogen-bond acceptors (Lipinski definition) is 6. The van der Waals surface area contributed by atoms with Crippen LogP contribution in [-0.2, 0) is 9.47 Å². The molecule has 0 rings (SSSR count). The summed E-state index contributed by atoms with van der Waals surface area (Å²) in [6, 6.07) is 0. The number of alkyl halides is 1. The summed E-state index contributed by atoms with van der Waals surface area (Å²) in [4.78, 5) is 0. The molecule has 4 nitrogen and oxygen atoms in total. The smallest absolute Gasteiger partial charge is 0.180 e. The van der Waals surface area contributed by atoms with Crippen molar-refractivity contribution in [1.29, 1.82) is 10.8 Å². The summed E-state index contributed by atoms with van der Waals surface area (Å²) >= 11 is 4.08. The van der Waals surface area contributed by atoms with Crippen molar-refractivity contribution in [2.24, 2.45) is 0 Å². The zero-order valence-corrected chi connectivity index (χ0v) is 14.0. The molecule has 0 aliphatic carbocycles. The molecule has 0 fully saturated rings. The molecule has 0 saturated heterocycles. The Hall–Kier alpha value is -0.200. The van der Waals surface area contributed by atoms with Crippen LogP contribution in [0, 0.1) is 29.3 Å². The van der Waals surface area contributed by atoms with Gasteiger partial charge in [0.2, 0.25) is 0 Å². The number of hydrogen-bond donors (Lipinski definition) is 2. The van der Waals surface area contributed by atoms with Gasteiger partial charge in [0.05, 0.1) is 28.1 Å². The monoisotopic (exact) mass is 316 g/mol. The van der Waals surface area contributed by atoms with E-state index in [0.717, 1.165) is 11.5 Å². The third-order valence-electron chi connectivity index (χ3n) is 1.40. The summed E-state index contributed by atoms with van der Waals surface area (Å²) in [5.74, 6) is 2.39. The number of nitrogens with one attached hydrogen (secondary N) is 2. The molecule has 0 unspecified atom stereocenters. The molecule has 0 spiro atoms. The summed E-state index contributed by atoms with van der Waals surface area (Å²) in [5, 5.41) is 14.4. The van der Waals surface area contributed by atoms with Gasteiger partial charge < -0.3 is 9.47 Å². The van der Waals surface area contributed by atoms with Crippen LogP contribution < -0.4 is 0 Å². The van der Waals surface area contributed by atoms with Crippen molar-refractivity contribution in [2.75, 3.05) is 32.1 Å². The highest BCUT2D eigenvalue weighted by molar-refractivity contribution is 8.76. The topological polar surface area (TPSA) is 66.2 Å². The van der Waals surface area contributed by atoms with E-state index < -0.39 is 0 Å². The Kier molecular flexibility index (Phi) is 28.1. The van der Waals surface area contributed by atoms with Crippen molar-refractivity contribution >= 4 is 33.4 Å². The largest absolute Gasteiger partial charge is 0.484 e. The Morgan fingerprint density at radius 1 is 0.944 bits per heavy atom. The van der Waals surface area contributed by atoms with E-state index in [-0.39, 0.29) is 0 Å². The highest BCUT2D eigenvalue weighted by Gasteiger charge is 1.98. The average molecular weight is 317 g/mol. The van der Waals surface area contributed by atoms with E-state index in [9.17, 15) is 0 Å². The summed E-state index contributed by atoms with van der Waals surface area (Å²) in [7, 11) is 6.41. The molecule has 0 aromatic heterocycles. The van der Waals surface area contributed by atoms with Gasteiger partial charge in [-0.05, 0) is 0 Å². The first kappa shape index (κ1) is 22.9. The lowest BCUT2D eigenvalue weighted by Crippen LogP contribution is -2.00. The van der Waals surface area contributed by atoms with Gasteiger partial charge in [0.1, 0.15) is 11.6 Å². The van der Waals surface area contributed by atoms with Crippen molar-refractivity contribution in [2.45, 2.75) is 19.8 Å². The van der Waals surface area contributed by atoms with E-state index in [0.29, 0.717) is 24.6 Å². The van der Waals surface area contributed by atoms with Gasteiger partial charge >= 0.3 is 0 Å². The predicted molar refractivity (Wildman–Crippen MR) is 82.0 cm³/mol. The van der Waals surface area contributed by atoms with E-state index >= 15 is 0 Å². The lowest BCUT2D eigenvalue weighted by atomic mass is 10.5. The maximum atomic E-state index is 7.22. The van der Waals surface area contributed by atoms with Gasteiger partial charge in [-0.1, -0.05) is 21.6 Å². The van der Waals surface area contributed by atoms with Crippen LogP contribution in [0.3, 0.4) is 0 Å². The second kappa shape index (κ2) is 22.0. The molecule has 0 bridgehead atoms. The summed E-state index contributed by atoms with van der Waals surface area (Å²) in [6.45, 7) is 5.00. The molecule has 0 aromatic carbocycles. The van der Waals surface area contributed by atoms with Crippen molar-refractivity contribution in [3.63, 3.8) is 0 Å². The van der Waals surface area contributed by atoms with Crippen molar-refractivity contribution in [3.05, 3.63) is 6.92 Å². The summed E-state index contributed by atoms with van der Waals surface area (Å²) < 4.78 is 9.44. The molecular weight excluding hydrogens is 292 g/mol. The zero-order chi connectivity index (χ0) is 14.8. The van der Waals surface area contributed by atoms with E-state index in [1.807, 2.05) is 0 Å². The van der Waals surface area contributed by atoms with Crippen molar-refractivity contribution in [1.82, 2.24) is 0 Å². The van der Waals surface area contributed by atoms with Crippen LogP contribution in [0.15, 0.2) is 0 Å². The molecule has 18 heavy (non-hydrogen) atoms. The normalized spacial score (nSPS) is 8.06. The van der Waals surface area contributed by atoms with Crippen LogP contribution in [0.2, 0.25) is 0 Å². The number of methoxy groups -OCH3 is 2. The molecule has 0 saturated carbocycles. The van der Waals surface area contributed by atoms with Crippen molar-refractivity contribution < 1.29 is 21.1 Å². The molecular formula is C11H25ClN2O2S2+2. The van der Waals surface area contributed by atoms with Gasteiger partial charge in [-0.15, -0.1) is 0 Å². The van der Waals surface area contributed by atoms with Gasteiger partial charge in [0.25, 0.3) is 0 Å². The van der Waals surface area contributed by atoms with Gasteiger partial charge in [-0.25, -0.2) is 0 Å². The molecule has 0 atom stereocenters. The first-order chi connectivity index (χ1) is 8.70. The van der Waals surface area contributed by atoms with Crippen LogP contribution in [0.5, 0.6) is 0 Å². The maximum absolute atomic E-state index is 7.22. The molecule has 0 radical (unpaired) electrons. The lowest BCUT2D eigenvalue weighted by molar-refractivity contribution is -0.325. The Bertz CT molecular complexity index is 176. The molecule has 0 heterocycles. The van der Waals surface area contributed by atoms with Crippen LogP contribution in [-0.4, -0.2) is 43.9 Å². The number of rotatable bonds is 7. The fourth-order valence-electron chi connectivity index (χ4n) is 0.591. The fraction of sp³-hybridized carbons (Fsp3) is 0.727. The quantitative estimate of drug-likeness (QED) is 0.189. The van der Waals surface area contributed by atoms with E-state index in [2.05, 4.69) is 18.5 Å². The van der Waals surface area contributed by atoms with Crippen molar-refractivity contribution in [3.8, 4) is 0 Å². The van der Waals surface area contributed by atoms with Gasteiger partial charge in [0, 0.05) is 24.3 Å². The molecule has 0 aromatic rings. The molecule has 0 aliphatic heterocycles. The SMILES string of the molecule is COC(=N)CCSSCCC(=N)OC.C[ClH+].[CH2+]C. The Morgan fingerprint density at radius 3 is 1.44 bits per heavy atom. The Balaban J connectivity index is -0.000000506. The first-order valence-electron chi connectivity index (χ1n) is 5.29. The van der Waals surface area contributed by atoms with Crippen LogP contribution in [0.4, 0.5) is 0 Å². The minimum absolute atomic E-state index is 0.322. The highest BCUT2D eigenvalue weighted by Crippen LogP contribution is 2.22. The molecule has 0 amide bonds. The Labute approximate surface area is 124 Å². The molecule has 7 heteroatoms. The molecule has 0 aliphatic rings. The minimum Gasteiger partial charge on any atom is -0.484 e. The third-order valence-corrected chi connectivity index (χ3v) is 3.81. The first-order valence-corrected chi connectivity index (χ1v) is 8.60. The predicted octanol–water partition coefficient (Wildman–Crippen LogP) is 3.13. The maximum Gasteiger partial charge on any atom is 0.180 e. The standard InChI is InChI=1S/C8H16N2O2S2.C2H5.CH4Cl/c1-11-7(9)3-5-13-14-6-4-8(10)12-2;2*1-2/h9-10H,3-6H2,1-2H3;1H2,2H3;2H,1H3/q;2*+1. The van der Waals surface area contributed by atoms with Crippen LogP contribution in [0.1, 0.15) is 19.8 Å². The van der Waals surface area contributed by atoms with Gasteiger partial charge in [0.15, 0.2) is 18.2 Å². The lowest BCUT2D eigenvalue weighted by Gasteiger charge is -2.02. The Morgan fingerprint density at radius 2 is 1.22 bits per heavy atom. The van der Waals surface area contributed by atoms with E-state index in [4.69, 9.17) is 20.3 Å². The second-order valence-electron chi connectivity index (χ2n) is 2.40. The van der Waals surface area contributed by atoms with E-state index in [1.54, 1.807) is 34.9 Å². The minimum atomic E-state index is 0.322. The highest BCUT2D eigenvalue weighted by atomic mass is 35.5. The number of halogens is 1. The zero-order valence-electron chi connectivity index (χ0n) is 11.6. The van der Waals surface area contributed by atoms with Crippen LogP contribution in [0.25, 0.3) is 0 Å². The molecule has 2 N–H and O–H groups in total. The summed E-state index contributed by atoms with van der Waals surface area (Å²) in [6.07, 6.45) is 2.91. The fourth-order valence-corrected chi connectivity index (χ4v) is 2.57. The van der Waals surface area contributed by atoms with Gasteiger partial charge in [-0.2, -0.15) is 0 Å². The van der Waals surface area contributed by atoms with Gasteiger partial charge in [-0.3, -0.25) is 10.8 Å². The van der Waals surface area contributed by atoms with Crippen LogP contribution >= 0.6 is 21.6 Å². The molecule has 108 valence electrons. The number of ether oxygens (including phenoxy) is 2. The second-order valence-corrected chi connectivity index (χ2v) is 5.10. The van der Waals surface area contributed by atoms with E-state index in [1.165, 1.54) is 14.2 Å².